The van der Waals surface area contributed by atoms with Crippen molar-refractivity contribution in [3.05, 3.63) is 57.6 Å². The number of benzene rings is 2. The lowest BCUT2D eigenvalue weighted by atomic mass is 10.1. The predicted octanol–water partition coefficient (Wildman–Crippen LogP) is 4.21. The maximum atomic E-state index is 8.81. The van der Waals surface area contributed by atoms with Gasteiger partial charge in [-0.2, -0.15) is 0 Å². The molecule has 5 heteroatoms. The van der Waals surface area contributed by atoms with E-state index in [9.17, 15) is 0 Å². The number of hydrogen-bond donors (Lipinski definition) is 2. The Morgan fingerprint density at radius 3 is 2.52 bits per heavy atom. The van der Waals surface area contributed by atoms with Crippen LogP contribution in [0.1, 0.15) is 29.5 Å². The van der Waals surface area contributed by atoms with E-state index in [1.807, 2.05) is 12.1 Å². The third-order valence-electron chi connectivity index (χ3n) is 3.92. The normalized spacial score (nSPS) is 10.7. The first-order valence-corrected chi connectivity index (χ1v) is 9.29. The van der Waals surface area contributed by atoms with E-state index in [1.54, 1.807) is 7.11 Å². The highest BCUT2D eigenvalue weighted by Gasteiger charge is 2.10. The van der Waals surface area contributed by atoms with Gasteiger partial charge in [0.2, 0.25) is 0 Å². The van der Waals surface area contributed by atoms with Crippen molar-refractivity contribution < 1.29 is 14.6 Å². The van der Waals surface area contributed by atoms with Crippen molar-refractivity contribution in [2.75, 3.05) is 20.3 Å². The number of methoxy groups -OCH3 is 1. The van der Waals surface area contributed by atoms with Crippen LogP contribution in [0.3, 0.4) is 0 Å². The summed E-state index contributed by atoms with van der Waals surface area (Å²) >= 11 is 3.61. The van der Waals surface area contributed by atoms with Crippen molar-refractivity contribution in [1.29, 1.82) is 0 Å². The smallest absolute Gasteiger partial charge is 0.162 e. The summed E-state index contributed by atoms with van der Waals surface area (Å²) in [6, 6.07) is 12.3. The predicted molar refractivity (Wildman–Crippen MR) is 104 cm³/mol. The fourth-order valence-electron chi connectivity index (χ4n) is 2.42. The van der Waals surface area contributed by atoms with Crippen molar-refractivity contribution in [2.45, 2.75) is 32.9 Å². The fraction of sp³-hybridized carbons (Fsp3) is 0.400. The number of aliphatic hydroxyl groups excluding tert-OH is 1. The second-order valence-corrected chi connectivity index (χ2v) is 6.83. The van der Waals surface area contributed by atoms with Crippen LogP contribution >= 0.6 is 15.9 Å². The first kappa shape index (κ1) is 19.8. The molecule has 25 heavy (non-hydrogen) atoms. The molecule has 0 unspecified atom stereocenters. The molecule has 0 atom stereocenters. The van der Waals surface area contributed by atoms with Gasteiger partial charge in [0, 0.05) is 17.6 Å². The maximum absolute atomic E-state index is 8.81. The molecule has 2 aromatic carbocycles. The summed E-state index contributed by atoms with van der Waals surface area (Å²) < 4.78 is 12.4. The highest BCUT2D eigenvalue weighted by Crippen LogP contribution is 2.34. The van der Waals surface area contributed by atoms with E-state index < -0.39 is 0 Å². The van der Waals surface area contributed by atoms with Gasteiger partial charge in [-0.05, 0) is 49.6 Å². The van der Waals surface area contributed by atoms with Crippen LogP contribution in [-0.4, -0.2) is 25.4 Å². The molecule has 136 valence electrons. The number of halogens is 1. The van der Waals surface area contributed by atoms with Gasteiger partial charge in [0.1, 0.15) is 6.61 Å². The van der Waals surface area contributed by atoms with Crippen LogP contribution in [0.2, 0.25) is 0 Å². The molecule has 0 saturated heterocycles. The summed E-state index contributed by atoms with van der Waals surface area (Å²) in [5.74, 6) is 1.45. The molecule has 4 nitrogen and oxygen atoms in total. The summed E-state index contributed by atoms with van der Waals surface area (Å²) in [5, 5.41) is 12.2. The van der Waals surface area contributed by atoms with Gasteiger partial charge in [-0.3, -0.25) is 0 Å². The number of nitrogens with one attached hydrogen (secondary N) is 1. The molecule has 0 saturated carbocycles. The fourth-order valence-corrected chi connectivity index (χ4v) is 2.88. The molecule has 0 aliphatic carbocycles. The van der Waals surface area contributed by atoms with Gasteiger partial charge in [-0.25, -0.2) is 0 Å². The first-order valence-electron chi connectivity index (χ1n) is 8.50. The monoisotopic (exact) mass is 407 g/mol. The zero-order chi connectivity index (χ0) is 18.1. The Morgan fingerprint density at radius 2 is 1.84 bits per heavy atom. The number of aryl methyl sites for hydroxylation is 1. The zero-order valence-electron chi connectivity index (χ0n) is 14.8. The van der Waals surface area contributed by atoms with E-state index in [0.717, 1.165) is 53.0 Å². The molecule has 0 spiro atoms. The average molecular weight is 408 g/mol. The van der Waals surface area contributed by atoms with Crippen LogP contribution in [-0.2, 0) is 13.2 Å². The van der Waals surface area contributed by atoms with Crippen LogP contribution in [0.4, 0.5) is 0 Å². The molecule has 2 aromatic rings. The Morgan fingerprint density at radius 1 is 1.08 bits per heavy atom. The summed E-state index contributed by atoms with van der Waals surface area (Å²) in [6.45, 7) is 4.43. The van der Waals surface area contributed by atoms with Gasteiger partial charge in [0.25, 0.3) is 0 Å². The van der Waals surface area contributed by atoms with E-state index >= 15 is 0 Å². The molecule has 0 aromatic heterocycles. The minimum absolute atomic E-state index is 0.242. The third kappa shape index (κ3) is 6.34. The van der Waals surface area contributed by atoms with Crippen molar-refractivity contribution in [3.8, 4) is 11.5 Å². The zero-order valence-corrected chi connectivity index (χ0v) is 16.4. The van der Waals surface area contributed by atoms with Gasteiger partial charge in [0.05, 0.1) is 7.11 Å². The highest BCUT2D eigenvalue weighted by atomic mass is 79.9. The van der Waals surface area contributed by atoms with Crippen LogP contribution in [0, 0.1) is 6.92 Å². The highest BCUT2D eigenvalue weighted by molar-refractivity contribution is 9.10. The van der Waals surface area contributed by atoms with Gasteiger partial charge in [0.15, 0.2) is 11.5 Å². The third-order valence-corrected chi connectivity index (χ3v) is 4.66. The Kier molecular flexibility index (Phi) is 8.25. The number of aliphatic hydroxyl groups is 1. The summed E-state index contributed by atoms with van der Waals surface area (Å²) in [5.41, 5.74) is 3.47. The molecular formula is C20H26BrNO3. The largest absolute Gasteiger partial charge is 0.493 e. The summed E-state index contributed by atoms with van der Waals surface area (Å²) in [7, 11) is 1.65. The number of hydrogen-bond acceptors (Lipinski definition) is 4. The molecule has 0 aliphatic rings. The van der Waals surface area contributed by atoms with Gasteiger partial charge < -0.3 is 19.9 Å². The van der Waals surface area contributed by atoms with Crippen LogP contribution in [0.15, 0.2) is 40.9 Å². The first-order chi connectivity index (χ1) is 12.1. The molecule has 0 radical (unpaired) electrons. The average Bonchev–Trinajstić information content (AvgIpc) is 2.62. The van der Waals surface area contributed by atoms with E-state index in [-0.39, 0.29) is 6.61 Å². The minimum Gasteiger partial charge on any atom is -0.493 e. The number of rotatable bonds is 10. The lowest BCUT2D eigenvalue weighted by Gasteiger charge is -2.14. The minimum atomic E-state index is 0.242. The molecule has 0 bridgehead atoms. The molecule has 2 N–H and O–H groups in total. The Hall–Kier alpha value is -1.56. The Balaban J connectivity index is 1.98. The van der Waals surface area contributed by atoms with Crippen molar-refractivity contribution in [1.82, 2.24) is 5.32 Å². The quantitative estimate of drug-likeness (QED) is 0.579. The lowest BCUT2D eigenvalue weighted by molar-refractivity contribution is 0.283. The van der Waals surface area contributed by atoms with Crippen molar-refractivity contribution >= 4 is 15.9 Å². The molecular weight excluding hydrogens is 382 g/mol. The standard InChI is InChI=1S/C20H26BrNO3/c1-15-5-7-16(8-6-15)14-25-20-12-18(21)17(11-19(20)24-2)13-22-9-3-4-10-23/h5-8,11-12,22-23H,3-4,9-10,13-14H2,1-2H3. The maximum Gasteiger partial charge on any atom is 0.162 e. The topological polar surface area (TPSA) is 50.7 Å². The Bertz CT molecular complexity index is 659. The van der Waals surface area contributed by atoms with Crippen LogP contribution in [0.25, 0.3) is 0 Å². The SMILES string of the molecule is COc1cc(CNCCCCO)c(Br)cc1OCc1ccc(C)cc1. The van der Waals surface area contributed by atoms with E-state index in [1.165, 1.54) is 5.56 Å². The van der Waals surface area contributed by atoms with Gasteiger partial charge in [-0.1, -0.05) is 45.8 Å². The van der Waals surface area contributed by atoms with Crippen molar-refractivity contribution in [3.63, 3.8) is 0 Å². The summed E-state index contributed by atoms with van der Waals surface area (Å²) in [6.07, 6.45) is 1.78. The molecule has 0 aliphatic heterocycles. The van der Waals surface area contributed by atoms with Crippen LogP contribution < -0.4 is 14.8 Å². The van der Waals surface area contributed by atoms with Gasteiger partial charge >= 0.3 is 0 Å². The second kappa shape index (κ2) is 10.4. The molecule has 0 fully saturated rings. The lowest BCUT2D eigenvalue weighted by Crippen LogP contribution is -2.15. The molecule has 0 heterocycles. The van der Waals surface area contributed by atoms with Gasteiger partial charge in [-0.15, -0.1) is 0 Å². The molecule has 0 amide bonds. The van der Waals surface area contributed by atoms with E-state index in [2.05, 4.69) is 52.4 Å². The number of ether oxygens (including phenoxy) is 2. The molecule has 2 rings (SSSR count). The van der Waals surface area contributed by atoms with E-state index in [4.69, 9.17) is 14.6 Å². The summed E-state index contributed by atoms with van der Waals surface area (Å²) in [4.78, 5) is 0. The van der Waals surface area contributed by atoms with E-state index in [0.29, 0.717) is 6.61 Å². The van der Waals surface area contributed by atoms with Crippen LogP contribution in [0.5, 0.6) is 11.5 Å². The number of unbranched alkanes of at least 4 members (excludes halogenated alkanes) is 1. The van der Waals surface area contributed by atoms with Crippen molar-refractivity contribution in [2.24, 2.45) is 0 Å². The second-order valence-electron chi connectivity index (χ2n) is 5.98. The Labute approximate surface area is 158 Å².